The Hall–Kier alpha value is -1.14. The normalized spacial score (nSPS) is 13.9. The van der Waals surface area contributed by atoms with Crippen molar-refractivity contribution in [1.82, 2.24) is 0 Å². The van der Waals surface area contributed by atoms with E-state index >= 15 is 0 Å². The van der Waals surface area contributed by atoms with Crippen molar-refractivity contribution in [2.45, 2.75) is 18.6 Å². The average Bonchev–Trinajstić information content (AvgIpc) is 2.15. The third-order valence-corrected chi connectivity index (χ3v) is 2.09. The van der Waals surface area contributed by atoms with E-state index in [1.165, 1.54) is 0 Å². The summed E-state index contributed by atoms with van der Waals surface area (Å²) in [5.41, 5.74) is 4.17. The predicted octanol–water partition coefficient (Wildman–Crippen LogP) is 1.71. The van der Waals surface area contributed by atoms with Crippen molar-refractivity contribution < 1.29 is 22.7 Å². The molecule has 16 heavy (non-hydrogen) atoms. The highest BCUT2D eigenvalue weighted by atomic mass is 19.4. The Bertz CT molecular complexity index is 364. The number of aliphatic hydroxyl groups excluding tert-OH is 1. The molecular formula is C10H11F4NO. The summed E-state index contributed by atoms with van der Waals surface area (Å²) < 4.78 is 50.3. The van der Waals surface area contributed by atoms with Crippen LogP contribution in [-0.2, 0) is 12.6 Å². The summed E-state index contributed by atoms with van der Waals surface area (Å²) in [6, 6.07) is 1.38. The highest BCUT2D eigenvalue weighted by Gasteiger charge is 2.33. The monoisotopic (exact) mass is 237 g/mol. The largest absolute Gasteiger partial charge is 0.416 e. The highest BCUT2D eigenvalue weighted by molar-refractivity contribution is 5.31. The van der Waals surface area contributed by atoms with Crippen LogP contribution in [0.4, 0.5) is 17.6 Å². The van der Waals surface area contributed by atoms with E-state index in [1.807, 2.05) is 0 Å². The Morgan fingerprint density at radius 1 is 1.31 bits per heavy atom. The van der Waals surface area contributed by atoms with Crippen LogP contribution in [0.3, 0.4) is 0 Å². The number of benzene rings is 1. The maximum atomic E-state index is 12.8. The summed E-state index contributed by atoms with van der Waals surface area (Å²) in [5, 5.41) is 8.66. The zero-order valence-electron chi connectivity index (χ0n) is 8.26. The summed E-state index contributed by atoms with van der Waals surface area (Å²) >= 11 is 0. The van der Waals surface area contributed by atoms with E-state index in [2.05, 4.69) is 0 Å². The third-order valence-electron chi connectivity index (χ3n) is 2.09. The van der Waals surface area contributed by atoms with Gasteiger partial charge in [0.25, 0.3) is 0 Å². The predicted molar refractivity (Wildman–Crippen MR) is 50.2 cm³/mol. The quantitative estimate of drug-likeness (QED) is 0.786. The van der Waals surface area contributed by atoms with E-state index in [9.17, 15) is 17.6 Å². The van der Waals surface area contributed by atoms with E-state index in [0.29, 0.717) is 6.07 Å². The minimum atomic E-state index is -4.54. The molecule has 0 bridgehead atoms. The first-order chi connectivity index (χ1) is 7.34. The lowest BCUT2D eigenvalue weighted by atomic mass is 10.0. The van der Waals surface area contributed by atoms with Crippen molar-refractivity contribution in [3.63, 3.8) is 0 Å². The van der Waals surface area contributed by atoms with Crippen LogP contribution in [0.25, 0.3) is 0 Å². The van der Waals surface area contributed by atoms with Crippen LogP contribution < -0.4 is 5.73 Å². The summed E-state index contributed by atoms with van der Waals surface area (Å²) in [5.74, 6) is -0.756. The minimum Gasteiger partial charge on any atom is -0.395 e. The zero-order valence-corrected chi connectivity index (χ0v) is 8.26. The van der Waals surface area contributed by atoms with Gasteiger partial charge in [0.1, 0.15) is 5.82 Å². The average molecular weight is 237 g/mol. The first-order valence-electron chi connectivity index (χ1n) is 4.56. The molecule has 0 aliphatic rings. The number of halogens is 4. The second-order valence-corrected chi connectivity index (χ2v) is 3.45. The molecule has 0 saturated carbocycles. The van der Waals surface area contributed by atoms with Gasteiger partial charge in [-0.05, 0) is 30.2 Å². The van der Waals surface area contributed by atoms with Crippen LogP contribution in [0.15, 0.2) is 18.2 Å². The lowest BCUT2D eigenvalue weighted by Crippen LogP contribution is -2.28. The lowest BCUT2D eigenvalue weighted by molar-refractivity contribution is -0.138. The highest BCUT2D eigenvalue weighted by Crippen LogP contribution is 2.32. The molecule has 0 radical (unpaired) electrons. The molecule has 0 amide bonds. The van der Waals surface area contributed by atoms with Gasteiger partial charge in [-0.25, -0.2) is 4.39 Å². The minimum absolute atomic E-state index is 0.219. The van der Waals surface area contributed by atoms with E-state index < -0.39 is 30.2 Å². The van der Waals surface area contributed by atoms with Crippen LogP contribution in [0.5, 0.6) is 0 Å². The molecule has 1 aromatic carbocycles. The maximum absolute atomic E-state index is 12.8. The molecule has 0 aliphatic carbocycles. The Labute approximate surface area is 89.7 Å². The maximum Gasteiger partial charge on any atom is 0.416 e. The fraction of sp³-hybridized carbons (Fsp3) is 0.400. The van der Waals surface area contributed by atoms with Gasteiger partial charge in [0.2, 0.25) is 0 Å². The van der Waals surface area contributed by atoms with Gasteiger partial charge in [-0.3, -0.25) is 0 Å². The summed E-state index contributed by atoms with van der Waals surface area (Å²) in [7, 11) is 0. The van der Waals surface area contributed by atoms with Crippen LogP contribution in [0.1, 0.15) is 11.1 Å². The van der Waals surface area contributed by atoms with Gasteiger partial charge >= 0.3 is 6.18 Å². The molecule has 1 aromatic rings. The number of rotatable bonds is 3. The van der Waals surface area contributed by atoms with Gasteiger partial charge in [-0.1, -0.05) is 0 Å². The van der Waals surface area contributed by atoms with Gasteiger partial charge in [0.15, 0.2) is 0 Å². The Morgan fingerprint density at radius 3 is 2.44 bits per heavy atom. The number of hydrogen-bond acceptors (Lipinski definition) is 2. The number of hydrogen-bond donors (Lipinski definition) is 2. The van der Waals surface area contributed by atoms with Crippen LogP contribution in [0, 0.1) is 5.82 Å². The molecular weight excluding hydrogens is 226 g/mol. The molecule has 6 heteroatoms. The van der Waals surface area contributed by atoms with Crippen molar-refractivity contribution in [3.8, 4) is 0 Å². The van der Waals surface area contributed by atoms with E-state index in [1.54, 1.807) is 0 Å². The van der Waals surface area contributed by atoms with Gasteiger partial charge in [-0.2, -0.15) is 13.2 Å². The number of aliphatic hydroxyl groups is 1. The molecule has 0 aromatic heterocycles. The number of nitrogens with two attached hydrogens (primary N) is 1. The van der Waals surface area contributed by atoms with Gasteiger partial charge in [-0.15, -0.1) is 0 Å². The van der Waals surface area contributed by atoms with Crippen LogP contribution in [0.2, 0.25) is 0 Å². The fourth-order valence-corrected chi connectivity index (χ4v) is 1.35. The number of alkyl halides is 3. The molecule has 90 valence electrons. The second kappa shape index (κ2) is 4.80. The first-order valence-corrected chi connectivity index (χ1v) is 4.56. The second-order valence-electron chi connectivity index (χ2n) is 3.45. The van der Waals surface area contributed by atoms with E-state index in [4.69, 9.17) is 10.8 Å². The van der Waals surface area contributed by atoms with Crippen molar-refractivity contribution in [1.29, 1.82) is 0 Å². The van der Waals surface area contributed by atoms with Crippen molar-refractivity contribution in [2.75, 3.05) is 6.61 Å². The molecule has 0 saturated heterocycles. The molecule has 0 fully saturated rings. The lowest BCUT2D eigenvalue weighted by Gasteiger charge is -2.15. The zero-order chi connectivity index (χ0) is 12.3. The smallest absolute Gasteiger partial charge is 0.395 e. The Morgan fingerprint density at radius 2 is 1.94 bits per heavy atom. The van der Waals surface area contributed by atoms with Crippen LogP contribution in [-0.4, -0.2) is 17.8 Å². The Kier molecular flexibility index (Phi) is 3.88. The molecule has 3 N–H and O–H groups in total. The standard InChI is InChI=1S/C10H11F4NO/c11-7-1-2-9(10(12,13)14)6(3-7)4-8(15)5-16/h1-3,8,16H,4-5,15H2. The summed E-state index contributed by atoms with van der Waals surface area (Å²) in [6.45, 7) is -0.451. The molecule has 2 nitrogen and oxygen atoms in total. The molecule has 1 atom stereocenters. The first kappa shape index (κ1) is 12.9. The topological polar surface area (TPSA) is 46.2 Å². The molecule has 0 aliphatic heterocycles. The fourth-order valence-electron chi connectivity index (χ4n) is 1.35. The van der Waals surface area contributed by atoms with Crippen molar-refractivity contribution in [2.24, 2.45) is 5.73 Å². The molecule has 0 heterocycles. The molecule has 1 unspecified atom stereocenters. The third kappa shape index (κ3) is 3.18. The summed E-state index contributed by atoms with van der Waals surface area (Å²) in [6.07, 6.45) is -4.76. The summed E-state index contributed by atoms with van der Waals surface area (Å²) in [4.78, 5) is 0. The SMILES string of the molecule is NC(CO)Cc1cc(F)ccc1C(F)(F)F. The van der Waals surface area contributed by atoms with Gasteiger partial charge < -0.3 is 10.8 Å². The molecule has 1 rings (SSSR count). The van der Waals surface area contributed by atoms with E-state index in [-0.39, 0.29) is 12.0 Å². The van der Waals surface area contributed by atoms with E-state index in [0.717, 1.165) is 12.1 Å². The van der Waals surface area contributed by atoms with Gasteiger partial charge in [0, 0.05) is 6.04 Å². The van der Waals surface area contributed by atoms with Gasteiger partial charge in [0.05, 0.1) is 12.2 Å². The molecule has 0 spiro atoms. The van der Waals surface area contributed by atoms with Crippen LogP contribution >= 0.6 is 0 Å². The van der Waals surface area contributed by atoms with Crippen molar-refractivity contribution >= 4 is 0 Å². The Balaban J connectivity index is 3.09. The van der Waals surface area contributed by atoms with Crippen molar-refractivity contribution in [3.05, 3.63) is 35.1 Å².